The number of piperazine rings is 1. The molecule has 0 radical (unpaired) electrons. The van der Waals surface area contributed by atoms with Crippen LogP contribution in [0.5, 0.6) is 5.75 Å². The molecule has 3 aliphatic heterocycles. The highest BCUT2D eigenvalue weighted by atomic mass is 35.5. The van der Waals surface area contributed by atoms with Crippen molar-refractivity contribution < 1.29 is 28.2 Å². The van der Waals surface area contributed by atoms with Crippen molar-refractivity contribution in [3.63, 3.8) is 0 Å². The number of hydrogen-bond donors (Lipinski definition) is 1. The van der Waals surface area contributed by atoms with E-state index in [0.29, 0.717) is 69.9 Å². The van der Waals surface area contributed by atoms with Crippen molar-refractivity contribution in [3.05, 3.63) is 130 Å². The van der Waals surface area contributed by atoms with Crippen LogP contribution in [0.25, 0.3) is 0 Å². The largest absolute Gasteiger partial charge is 0.493 e. The van der Waals surface area contributed by atoms with Crippen LogP contribution in [0, 0.1) is 11.7 Å². The molecule has 4 aromatic carbocycles. The third kappa shape index (κ3) is 11.8. The topological polar surface area (TPSA) is 86.8 Å². The zero-order chi connectivity index (χ0) is 41.7. The predicted molar refractivity (Wildman–Crippen MR) is 234 cm³/mol. The number of carbonyl (C=O) groups excluding carboxylic acids is 2. The maximum Gasteiger partial charge on any atom is 0.408 e. The van der Waals surface area contributed by atoms with Gasteiger partial charge in [0.25, 0.3) is 0 Å². The van der Waals surface area contributed by atoms with Crippen molar-refractivity contribution in [2.24, 2.45) is 5.92 Å². The Balaban J connectivity index is 0.952. The minimum absolute atomic E-state index is 0.0498. The molecule has 12 heteroatoms. The minimum Gasteiger partial charge on any atom is -0.493 e. The fourth-order valence-corrected chi connectivity index (χ4v) is 9.03. The number of amides is 2. The van der Waals surface area contributed by atoms with Crippen molar-refractivity contribution in [2.75, 3.05) is 70.5 Å². The number of nitrogens with one attached hydrogen (secondary N) is 1. The monoisotopic (exact) mass is 839 g/mol. The molecule has 7 rings (SSSR count). The van der Waals surface area contributed by atoms with E-state index in [1.807, 2.05) is 66.4 Å². The first-order valence-corrected chi connectivity index (χ1v) is 22.0. The number of rotatable bonds is 17. The Labute approximate surface area is 359 Å². The van der Waals surface area contributed by atoms with Crippen LogP contribution in [0.4, 0.5) is 14.9 Å². The predicted octanol–water partition coefficient (Wildman–Crippen LogP) is 7.96. The number of nitrogens with zero attached hydrogens (tertiary/aromatic N) is 4. The van der Waals surface area contributed by atoms with Gasteiger partial charge in [-0.1, -0.05) is 78.3 Å². The Morgan fingerprint density at radius 3 is 2.25 bits per heavy atom. The zero-order valence-corrected chi connectivity index (χ0v) is 35.5. The molecule has 2 atom stereocenters. The van der Waals surface area contributed by atoms with Gasteiger partial charge in [0.15, 0.2) is 0 Å². The van der Waals surface area contributed by atoms with Crippen molar-refractivity contribution in [1.29, 1.82) is 0 Å². The molecule has 3 aliphatic rings. The normalized spacial score (nSPS) is 18.4. The van der Waals surface area contributed by atoms with Gasteiger partial charge in [-0.05, 0) is 105 Å². The fraction of sp³-hybridized carbons (Fsp3) is 0.458. The summed E-state index contributed by atoms with van der Waals surface area (Å²) in [5, 5.41) is 3.73. The SMILES string of the molecule is CCOc1cccc(F)c1CN1CCN(C(=O)[C@H](NC(=O)OCc2ccccc2)C2CCN(CCc3cc(Cl)ccc3N3CCC[C@H]3COCc3ccccc3)CC2)CC1. The number of ether oxygens (including phenoxy) is 3. The summed E-state index contributed by atoms with van der Waals surface area (Å²) in [5.41, 5.74) is 5.05. The molecular weight excluding hydrogens is 781 g/mol. The smallest absolute Gasteiger partial charge is 0.408 e. The van der Waals surface area contributed by atoms with Gasteiger partial charge in [0.2, 0.25) is 5.91 Å². The summed E-state index contributed by atoms with van der Waals surface area (Å²) in [7, 11) is 0. The molecule has 0 aromatic heterocycles. The summed E-state index contributed by atoms with van der Waals surface area (Å²) in [6, 6.07) is 30.6. The van der Waals surface area contributed by atoms with Crippen molar-refractivity contribution in [2.45, 2.75) is 70.9 Å². The molecule has 0 unspecified atom stereocenters. The van der Waals surface area contributed by atoms with E-state index < -0.39 is 12.1 Å². The second kappa shape index (κ2) is 21.7. The average Bonchev–Trinajstić information content (AvgIpc) is 3.74. The molecule has 1 N–H and O–H groups in total. The first-order chi connectivity index (χ1) is 29.3. The second-order valence-corrected chi connectivity index (χ2v) is 16.6. The Morgan fingerprint density at radius 2 is 1.53 bits per heavy atom. The third-order valence-electron chi connectivity index (χ3n) is 12.1. The molecule has 0 saturated carbocycles. The Hall–Kier alpha value is -4.68. The maximum absolute atomic E-state index is 14.9. The molecule has 4 aromatic rings. The van der Waals surface area contributed by atoms with E-state index >= 15 is 0 Å². The number of hydrogen-bond acceptors (Lipinski definition) is 8. The summed E-state index contributed by atoms with van der Waals surface area (Å²) < 4.78 is 32.4. The molecule has 3 heterocycles. The van der Waals surface area contributed by atoms with Crippen LogP contribution in [0.3, 0.4) is 0 Å². The summed E-state index contributed by atoms with van der Waals surface area (Å²) in [5.74, 6) is 0.111. The molecule has 3 saturated heterocycles. The number of alkyl carbamates (subject to hydrolysis) is 1. The molecular formula is C48H59ClFN5O5. The average molecular weight is 840 g/mol. The van der Waals surface area contributed by atoms with E-state index in [1.165, 1.54) is 22.9 Å². The van der Waals surface area contributed by atoms with Crippen LogP contribution in [0.2, 0.25) is 5.02 Å². The first kappa shape index (κ1) is 43.4. The second-order valence-electron chi connectivity index (χ2n) is 16.1. The van der Waals surface area contributed by atoms with Crippen LogP contribution in [0.1, 0.15) is 54.9 Å². The number of likely N-dealkylation sites (tertiary alicyclic amines) is 1. The van der Waals surface area contributed by atoms with Gasteiger partial charge >= 0.3 is 6.09 Å². The van der Waals surface area contributed by atoms with E-state index in [2.05, 4.69) is 44.3 Å². The standard InChI is InChI=1S/C48H59ClFN5O5/c1-2-59-45-17-9-16-43(50)42(45)32-53-27-29-54(30-28-53)47(56)46(51-48(57)60-34-37-13-7-4-8-14-37)38-20-24-52(25-21-38)26-22-39-31-40(49)18-19-44(39)55-23-10-15-41(55)35-58-33-36-11-5-3-6-12-36/h3-9,11-14,16-19,31,38,41,46H,2,10,15,20-30,32-35H2,1H3,(H,51,57)/t41-,46+/m0/s1. The van der Waals surface area contributed by atoms with Crippen LogP contribution >= 0.6 is 11.6 Å². The lowest BCUT2D eigenvalue weighted by Gasteiger charge is -2.40. The van der Waals surface area contributed by atoms with E-state index in [0.717, 1.165) is 68.9 Å². The summed E-state index contributed by atoms with van der Waals surface area (Å²) in [6.07, 6.45) is 4.00. The number of benzene rings is 4. The Kier molecular flexibility index (Phi) is 15.7. The lowest BCUT2D eigenvalue weighted by molar-refractivity contribution is -0.137. The van der Waals surface area contributed by atoms with Gasteiger partial charge in [0, 0.05) is 62.1 Å². The highest BCUT2D eigenvalue weighted by Gasteiger charge is 2.37. The summed E-state index contributed by atoms with van der Waals surface area (Å²) in [4.78, 5) is 36.6. The minimum atomic E-state index is -0.714. The molecule has 3 fully saturated rings. The zero-order valence-electron chi connectivity index (χ0n) is 34.8. The Bertz CT molecular complexity index is 1980. The third-order valence-corrected chi connectivity index (χ3v) is 12.4. The van der Waals surface area contributed by atoms with Gasteiger partial charge in [-0.15, -0.1) is 0 Å². The molecule has 0 bridgehead atoms. The molecule has 10 nitrogen and oxygen atoms in total. The maximum atomic E-state index is 14.9. The fourth-order valence-electron chi connectivity index (χ4n) is 8.84. The van der Waals surface area contributed by atoms with Crippen LogP contribution < -0.4 is 15.0 Å². The summed E-state index contributed by atoms with van der Waals surface area (Å²) >= 11 is 6.59. The number of piperidine rings is 1. The molecule has 0 spiro atoms. The highest BCUT2D eigenvalue weighted by molar-refractivity contribution is 6.30. The lowest BCUT2D eigenvalue weighted by atomic mass is 9.88. The van der Waals surface area contributed by atoms with E-state index in [4.69, 9.17) is 25.8 Å². The Morgan fingerprint density at radius 1 is 0.817 bits per heavy atom. The number of halogens is 2. The van der Waals surface area contributed by atoms with Crippen molar-refractivity contribution in [1.82, 2.24) is 20.0 Å². The number of anilines is 1. The lowest BCUT2D eigenvalue weighted by Crippen LogP contribution is -2.58. The van der Waals surface area contributed by atoms with Gasteiger partial charge in [-0.25, -0.2) is 9.18 Å². The highest BCUT2D eigenvalue weighted by Crippen LogP contribution is 2.32. The van der Waals surface area contributed by atoms with Gasteiger partial charge < -0.3 is 34.2 Å². The van der Waals surface area contributed by atoms with Crippen LogP contribution in [0.15, 0.2) is 97.1 Å². The van der Waals surface area contributed by atoms with Gasteiger partial charge in [-0.3, -0.25) is 9.69 Å². The van der Waals surface area contributed by atoms with E-state index in [-0.39, 0.29) is 24.2 Å². The van der Waals surface area contributed by atoms with Gasteiger partial charge in [0.1, 0.15) is 24.2 Å². The summed E-state index contributed by atoms with van der Waals surface area (Å²) in [6.45, 7) is 9.74. The quantitative estimate of drug-likeness (QED) is 0.115. The molecule has 60 heavy (non-hydrogen) atoms. The molecule has 0 aliphatic carbocycles. The first-order valence-electron chi connectivity index (χ1n) is 21.6. The van der Waals surface area contributed by atoms with Crippen molar-refractivity contribution >= 4 is 29.3 Å². The van der Waals surface area contributed by atoms with E-state index in [1.54, 1.807) is 12.1 Å². The van der Waals surface area contributed by atoms with Crippen LogP contribution in [-0.4, -0.2) is 104 Å². The van der Waals surface area contributed by atoms with Crippen molar-refractivity contribution in [3.8, 4) is 5.75 Å². The molecule has 2 amide bonds. The van der Waals surface area contributed by atoms with Gasteiger partial charge in [-0.2, -0.15) is 0 Å². The number of carbonyl (C=O) groups is 2. The molecule has 320 valence electrons. The van der Waals surface area contributed by atoms with Gasteiger partial charge in [0.05, 0.1) is 25.9 Å². The van der Waals surface area contributed by atoms with E-state index in [9.17, 15) is 14.0 Å². The van der Waals surface area contributed by atoms with Crippen LogP contribution in [-0.2, 0) is 40.4 Å².